The molecule has 3 N–H and O–H groups in total. The SMILES string of the molecule is O=C(NCC(O)CO)c1cc(Cl)ccc1F. The van der Waals surface area contributed by atoms with E-state index in [9.17, 15) is 9.18 Å². The molecule has 1 amide bonds. The molecule has 1 atom stereocenters. The van der Waals surface area contributed by atoms with Gasteiger partial charge in [-0.05, 0) is 18.2 Å². The molecule has 16 heavy (non-hydrogen) atoms. The monoisotopic (exact) mass is 247 g/mol. The zero-order valence-electron chi connectivity index (χ0n) is 8.28. The summed E-state index contributed by atoms with van der Waals surface area (Å²) in [5.74, 6) is -1.38. The molecule has 0 saturated carbocycles. The summed E-state index contributed by atoms with van der Waals surface area (Å²) in [6.45, 7) is -0.625. The first kappa shape index (κ1) is 12.9. The standard InChI is InChI=1S/C10H11ClFNO3/c11-6-1-2-9(12)8(3-6)10(16)13-4-7(15)5-14/h1-3,7,14-15H,4-5H2,(H,13,16). The van der Waals surface area contributed by atoms with E-state index in [-0.39, 0.29) is 17.1 Å². The summed E-state index contributed by atoms with van der Waals surface area (Å²) in [7, 11) is 0. The normalized spacial score (nSPS) is 12.2. The first-order valence-electron chi connectivity index (χ1n) is 4.56. The van der Waals surface area contributed by atoms with Crippen molar-refractivity contribution >= 4 is 17.5 Å². The number of hydrogen-bond acceptors (Lipinski definition) is 3. The fourth-order valence-electron chi connectivity index (χ4n) is 1.04. The number of hydrogen-bond donors (Lipinski definition) is 3. The second-order valence-electron chi connectivity index (χ2n) is 3.17. The van der Waals surface area contributed by atoms with Crippen molar-refractivity contribution in [3.05, 3.63) is 34.6 Å². The highest BCUT2D eigenvalue weighted by molar-refractivity contribution is 6.30. The lowest BCUT2D eigenvalue weighted by atomic mass is 10.2. The molecule has 6 heteroatoms. The van der Waals surface area contributed by atoms with Crippen molar-refractivity contribution in [1.82, 2.24) is 5.32 Å². The van der Waals surface area contributed by atoms with Crippen LogP contribution >= 0.6 is 11.6 Å². The molecule has 0 spiro atoms. The topological polar surface area (TPSA) is 69.6 Å². The fraction of sp³-hybridized carbons (Fsp3) is 0.300. The van der Waals surface area contributed by atoms with E-state index in [0.29, 0.717) is 0 Å². The predicted molar refractivity (Wildman–Crippen MR) is 56.8 cm³/mol. The van der Waals surface area contributed by atoms with E-state index in [1.54, 1.807) is 0 Å². The second kappa shape index (κ2) is 5.79. The number of benzene rings is 1. The van der Waals surface area contributed by atoms with Crippen LogP contribution in [0.15, 0.2) is 18.2 Å². The average Bonchev–Trinajstić information content (AvgIpc) is 2.28. The summed E-state index contributed by atoms with van der Waals surface area (Å²) in [5.41, 5.74) is -0.197. The van der Waals surface area contributed by atoms with Crippen molar-refractivity contribution < 1.29 is 19.4 Å². The Kier molecular flexibility index (Phi) is 4.67. The van der Waals surface area contributed by atoms with Gasteiger partial charge in [-0.3, -0.25) is 4.79 Å². The van der Waals surface area contributed by atoms with Crippen LogP contribution in [0.4, 0.5) is 4.39 Å². The van der Waals surface area contributed by atoms with Gasteiger partial charge in [0, 0.05) is 11.6 Å². The smallest absolute Gasteiger partial charge is 0.254 e. The van der Waals surface area contributed by atoms with Gasteiger partial charge < -0.3 is 15.5 Å². The molecule has 0 aromatic heterocycles. The number of nitrogens with one attached hydrogen (secondary N) is 1. The van der Waals surface area contributed by atoms with Crippen LogP contribution in [0.2, 0.25) is 5.02 Å². The van der Waals surface area contributed by atoms with Crippen LogP contribution in [-0.4, -0.2) is 35.4 Å². The largest absolute Gasteiger partial charge is 0.394 e. The van der Waals surface area contributed by atoms with Crippen LogP contribution in [-0.2, 0) is 0 Å². The first-order chi connectivity index (χ1) is 7.54. The van der Waals surface area contributed by atoms with Crippen molar-refractivity contribution in [2.75, 3.05) is 13.2 Å². The highest BCUT2D eigenvalue weighted by Crippen LogP contribution is 2.14. The summed E-state index contributed by atoms with van der Waals surface area (Å²) in [4.78, 5) is 11.4. The Labute approximate surface area is 96.7 Å². The van der Waals surface area contributed by atoms with E-state index in [1.807, 2.05) is 0 Å². The molecule has 0 aliphatic carbocycles. The maximum absolute atomic E-state index is 13.2. The number of carbonyl (C=O) groups is 1. The third-order valence-corrected chi connectivity index (χ3v) is 2.12. The van der Waals surface area contributed by atoms with Gasteiger partial charge in [0.1, 0.15) is 5.82 Å². The number of carbonyl (C=O) groups excluding carboxylic acids is 1. The molecular formula is C10H11ClFNO3. The van der Waals surface area contributed by atoms with E-state index in [4.69, 9.17) is 21.8 Å². The molecule has 0 aliphatic heterocycles. The van der Waals surface area contributed by atoms with Crippen LogP contribution in [0, 0.1) is 5.82 Å². The zero-order chi connectivity index (χ0) is 12.1. The van der Waals surface area contributed by atoms with Gasteiger partial charge in [-0.1, -0.05) is 11.6 Å². The van der Waals surface area contributed by atoms with E-state index in [1.165, 1.54) is 12.1 Å². The molecular weight excluding hydrogens is 237 g/mol. The van der Waals surface area contributed by atoms with Crippen LogP contribution in [0.5, 0.6) is 0 Å². The van der Waals surface area contributed by atoms with Crippen LogP contribution in [0.1, 0.15) is 10.4 Å². The molecule has 1 rings (SSSR count). The average molecular weight is 248 g/mol. The molecule has 0 radical (unpaired) electrons. The third-order valence-electron chi connectivity index (χ3n) is 1.88. The third kappa shape index (κ3) is 3.44. The number of halogens is 2. The molecule has 1 aromatic rings. The van der Waals surface area contributed by atoms with Crippen molar-refractivity contribution in [1.29, 1.82) is 0 Å². The summed E-state index contributed by atoms with van der Waals surface area (Å²) in [5, 5.41) is 20.0. The first-order valence-corrected chi connectivity index (χ1v) is 4.94. The van der Waals surface area contributed by atoms with Gasteiger partial charge in [0.05, 0.1) is 18.3 Å². The Morgan fingerprint density at radius 3 is 2.88 bits per heavy atom. The molecule has 0 saturated heterocycles. The molecule has 0 fully saturated rings. The Hall–Kier alpha value is -1.17. The number of rotatable bonds is 4. The van der Waals surface area contributed by atoms with Gasteiger partial charge in [0.2, 0.25) is 0 Å². The van der Waals surface area contributed by atoms with Crippen molar-refractivity contribution in [2.24, 2.45) is 0 Å². The Morgan fingerprint density at radius 1 is 1.56 bits per heavy atom. The quantitative estimate of drug-likeness (QED) is 0.728. The van der Waals surface area contributed by atoms with Crippen LogP contribution in [0.3, 0.4) is 0 Å². The molecule has 0 aliphatic rings. The van der Waals surface area contributed by atoms with E-state index in [0.717, 1.165) is 6.07 Å². The molecule has 1 unspecified atom stereocenters. The highest BCUT2D eigenvalue weighted by atomic mass is 35.5. The van der Waals surface area contributed by atoms with Crippen LogP contribution in [0.25, 0.3) is 0 Å². The Balaban J connectivity index is 2.69. The fourth-order valence-corrected chi connectivity index (χ4v) is 1.21. The number of aliphatic hydroxyl groups excluding tert-OH is 2. The Bertz CT molecular complexity index is 386. The zero-order valence-corrected chi connectivity index (χ0v) is 9.04. The molecule has 4 nitrogen and oxygen atoms in total. The minimum Gasteiger partial charge on any atom is -0.394 e. The van der Waals surface area contributed by atoms with Gasteiger partial charge in [-0.15, -0.1) is 0 Å². The van der Waals surface area contributed by atoms with Crippen molar-refractivity contribution in [3.8, 4) is 0 Å². The maximum Gasteiger partial charge on any atom is 0.254 e. The maximum atomic E-state index is 13.2. The predicted octanol–water partition coefficient (Wildman–Crippen LogP) is 0.562. The van der Waals surface area contributed by atoms with Gasteiger partial charge in [-0.25, -0.2) is 4.39 Å². The lowest BCUT2D eigenvalue weighted by Crippen LogP contribution is -2.34. The molecule has 1 aromatic carbocycles. The lowest BCUT2D eigenvalue weighted by Gasteiger charge is -2.09. The highest BCUT2D eigenvalue weighted by Gasteiger charge is 2.13. The van der Waals surface area contributed by atoms with Crippen LogP contribution < -0.4 is 5.32 Å². The number of amides is 1. The molecule has 0 heterocycles. The number of aliphatic hydroxyl groups is 2. The Morgan fingerprint density at radius 2 is 2.25 bits per heavy atom. The minimum absolute atomic E-state index is 0.152. The van der Waals surface area contributed by atoms with E-state index >= 15 is 0 Å². The van der Waals surface area contributed by atoms with E-state index < -0.39 is 24.4 Å². The van der Waals surface area contributed by atoms with Gasteiger partial charge in [0.15, 0.2) is 0 Å². The van der Waals surface area contributed by atoms with Crippen molar-refractivity contribution in [3.63, 3.8) is 0 Å². The van der Waals surface area contributed by atoms with E-state index in [2.05, 4.69) is 5.32 Å². The van der Waals surface area contributed by atoms with Gasteiger partial charge in [-0.2, -0.15) is 0 Å². The van der Waals surface area contributed by atoms with Crippen molar-refractivity contribution in [2.45, 2.75) is 6.10 Å². The summed E-state index contributed by atoms with van der Waals surface area (Å²) in [6.07, 6.45) is -1.06. The summed E-state index contributed by atoms with van der Waals surface area (Å²) in [6, 6.07) is 3.60. The minimum atomic E-state index is -1.06. The lowest BCUT2D eigenvalue weighted by molar-refractivity contribution is 0.0799. The summed E-state index contributed by atoms with van der Waals surface area (Å²) < 4.78 is 13.2. The summed E-state index contributed by atoms with van der Waals surface area (Å²) >= 11 is 5.61. The van der Waals surface area contributed by atoms with Gasteiger partial charge in [0.25, 0.3) is 5.91 Å². The molecule has 0 bridgehead atoms. The van der Waals surface area contributed by atoms with Gasteiger partial charge >= 0.3 is 0 Å². The second-order valence-corrected chi connectivity index (χ2v) is 3.61. The molecule has 88 valence electrons.